The van der Waals surface area contributed by atoms with Gasteiger partial charge in [-0.15, -0.1) is 0 Å². The maximum atomic E-state index is 11.6. The second kappa shape index (κ2) is 4.15. The van der Waals surface area contributed by atoms with Gasteiger partial charge >= 0.3 is 5.97 Å². The Balaban J connectivity index is 2.74. The minimum Gasteiger partial charge on any atom is -0.459 e. The van der Waals surface area contributed by atoms with E-state index in [4.69, 9.17) is 10.5 Å². The molecule has 0 saturated carbocycles. The highest BCUT2D eigenvalue weighted by Crippen LogP contribution is 2.15. The Hall–Kier alpha value is -1.52. The quantitative estimate of drug-likeness (QED) is 0.773. The molecule has 2 N–H and O–H groups in total. The molecule has 90 valence electrons. The van der Waals surface area contributed by atoms with Crippen molar-refractivity contribution in [1.29, 1.82) is 0 Å². The van der Waals surface area contributed by atoms with Crippen LogP contribution in [0.1, 0.15) is 32.2 Å². The monoisotopic (exact) mass is 225 g/mol. The van der Waals surface area contributed by atoms with Crippen LogP contribution in [0.25, 0.3) is 0 Å². The van der Waals surface area contributed by atoms with Crippen molar-refractivity contribution in [3.63, 3.8) is 0 Å². The van der Waals surface area contributed by atoms with Crippen LogP contribution in [0.5, 0.6) is 0 Å². The molecule has 0 amide bonds. The molecule has 0 spiro atoms. The molecular weight excluding hydrogens is 206 g/mol. The fourth-order valence-electron chi connectivity index (χ4n) is 1.36. The summed E-state index contributed by atoms with van der Waals surface area (Å²) in [6.07, 6.45) is 0. The van der Waals surface area contributed by atoms with Gasteiger partial charge in [-0.3, -0.25) is 9.48 Å². The summed E-state index contributed by atoms with van der Waals surface area (Å²) in [4.78, 5) is 11.6. The molecule has 0 atom stereocenters. The van der Waals surface area contributed by atoms with Crippen LogP contribution in [-0.2, 0) is 16.1 Å². The smallest absolute Gasteiger partial charge is 0.328 e. The van der Waals surface area contributed by atoms with Crippen LogP contribution in [0.3, 0.4) is 0 Å². The normalized spacial score (nSPS) is 11.6. The summed E-state index contributed by atoms with van der Waals surface area (Å²) in [5, 5.41) is 4.17. The van der Waals surface area contributed by atoms with Crippen molar-refractivity contribution in [2.45, 2.75) is 46.8 Å². The maximum Gasteiger partial charge on any atom is 0.328 e. The first-order chi connectivity index (χ1) is 7.20. The predicted octanol–water partition coefficient (Wildman–Crippen LogP) is 1.42. The van der Waals surface area contributed by atoms with Gasteiger partial charge in [0.1, 0.15) is 12.1 Å². The van der Waals surface area contributed by atoms with E-state index in [2.05, 4.69) is 5.10 Å². The van der Waals surface area contributed by atoms with Gasteiger partial charge in [0.2, 0.25) is 0 Å². The number of nitrogens with zero attached hydrogens (tertiary/aromatic N) is 2. The molecule has 0 aromatic carbocycles. The van der Waals surface area contributed by atoms with Gasteiger partial charge in [-0.2, -0.15) is 5.10 Å². The van der Waals surface area contributed by atoms with E-state index in [1.165, 1.54) is 0 Å². The minimum atomic E-state index is -0.473. The third kappa shape index (κ3) is 2.98. The molecule has 0 saturated heterocycles. The zero-order valence-electron chi connectivity index (χ0n) is 10.5. The molecule has 0 unspecified atom stereocenters. The summed E-state index contributed by atoms with van der Waals surface area (Å²) < 4.78 is 6.77. The number of esters is 1. The number of aryl methyl sites for hydroxylation is 1. The number of aromatic nitrogens is 2. The lowest BCUT2D eigenvalue weighted by Gasteiger charge is -2.19. The van der Waals surface area contributed by atoms with E-state index in [1.54, 1.807) is 4.68 Å². The lowest BCUT2D eigenvalue weighted by Crippen LogP contribution is -2.27. The first-order valence-corrected chi connectivity index (χ1v) is 5.22. The topological polar surface area (TPSA) is 70.1 Å². The highest BCUT2D eigenvalue weighted by atomic mass is 16.6. The van der Waals surface area contributed by atoms with E-state index in [0.29, 0.717) is 5.69 Å². The molecule has 0 bridgehead atoms. The van der Waals surface area contributed by atoms with Crippen LogP contribution in [0.4, 0.5) is 5.69 Å². The van der Waals surface area contributed by atoms with Crippen molar-refractivity contribution >= 4 is 11.7 Å². The number of nitrogens with two attached hydrogens (primary N) is 1. The zero-order valence-corrected chi connectivity index (χ0v) is 10.5. The standard InChI is InChI=1S/C11H19N3O2/c1-7-10(12)8(2)14(13-7)6-9(15)16-11(3,4)5/h6,12H2,1-5H3. The van der Waals surface area contributed by atoms with E-state index in [-0.39, 0.29) is 12.5 Å². The molecule has 0 aliphatic carbocycles. The third-order valence-corrected chi connectivity index (χ3v) is 2.14. The van der Waals surface area contributed by atoms with Crippen molar-refractivity contribution in [3.8, 4) is 0 Å². The molecule has 0 aliphatic heterocycles. The van der Waals surface area contributed by atoms with E-state index in [0.717, 1.165) is 11.4 Å². The molecule has 5 heteroatoms. The summed E-state index contributed by atoms with van der Waals surface area (Å²) in [6.45, 7) is 9.25. The van der Waals surface area contributed by atoms with Gasteiger partial charge in [-0.1, -0.05) is 0 Å². The molecule has 1 aromatic rings. The SMILES string of the molecule is Cc1nn(CC(=O)OC(C)(C)C)c(C)c1N. The van der Waals surface area contributed by atoms with Gasteiger partial charge in [0, 0.05) is 0 Å². The Morgan fingerprint density at radius 3 is 2.38 bits per heavy atom. The number of rotatable bonds is 2. The average molecular weight is 225 g/mol. The Kier molecular flexibility index (Phi) is 3.26. The molecule has 1 rings (SSSR count). The molecular formula is C11H19N3O2. The van der Waals surface area contributed by atoms with Gasteiger partial charge in [0.05, 0.1) is 17.1 Å². The Bertz CT molecular complexity index is 402. The first-order valence-electron chi connectivity index (χ1n) is 5.22. The molecule has 0 fully saturated rings. The molecule has 0 radical (unpaired) electrons. The maximum absolute atomic E-state index is 11.6. The molecule has 0 aliphatic rings. The minimum absolute atomic E-state index is 0.0984. The Morgan fingerprint density at radius 1 is 1.44 bits per heavy atom. The fraction of sp³-hybridized carbons (Fsp3) is 0.636. The predicted molar refractivity (Wildman–Crippen MR) is 62.0 cm³/mol. The van der Waals surface area contributed by atoms with Crippen LogP contribution >= 0.6 is 0 Å². The zero-order chi connectivity index (χ0) is 12.5. The van der Waals surface area contributed by atoms with E-state index >= 15 is 0 Å². The van der Waals surface area contributed by atoms with E-state index in [9.17, 15) is 4.79 Å². The van der Waals surface area contributed by atoms with Gasteiger partial charge < -0.3 is 10.5 Å². The average Bonchev–Trinajstić information content (AvgIpc) is 2.30. The van der Waals surface area contributed by atoms with Crippen LogP contribution in [0.2, 0.25) is 0 Å². The lowest BCUT2D eigenvalue weighted by molar-refractivity contribution is -0.155. The number of nitrogen functional groups attached to an aromatic ring is 1. The second-order valence-electron chi connectivity index (χ2n) is 4.83. The fourth-order valence-corrected chi connectivity index (χ4v) is 1.36. The Labute approximate surface area is 95.6 Å². The number of ether oxygens (including phenoxy) is 1. The van der Waals surface area contributed by atoms with Crippen LogP contribution < -0.4 is 5.73 Å². The third-order valence-electron chi connectivity index (χ3n) is 2.14. The van der Waals surface area contributed by atoms with Gasteiger partial charge in [0.15, 0.2) is 0 Å². The summed E-state index contributed by atoms with van der Waals surface area (Å²) in [5.41, 5.74) is 7.46. The van der Waals surface area contributed by atoms with Crippen LogP contribution in [0.15, 0.2) is 0 Å². The van der Waals surface area contributed by atoms with Crippen molar-refractivity contribution < 1.29 is 9.53 Å². The van der Waals surface area contributed by atoms with Crippen molar-refractivity contribution in [2.75, 3.05) is 5.73 Å². The lowest BCUT2D eigenvalue weighted by atomic mass is 10.2. The van der Waals surface area contributed by atoms with Gasteiger partial charge in [-0.25, -0.2) is 0 Å². The summed E-state index contributed by atoms with van der Waals surface area (Å²) in [5.74, 6) is -0.307. The van der Waals surface area contributed by atoms with Crippen LogP contribution in [-0.4, -0.2) is 21.4 Å². The largest absolute Gasteiger partial charge is 0.459 e. The highest BCUT2D eigenvalue weighted by molar-refractivity contribution is 5.70. The van der Waals surface area contributed by atoms with E-state index < -0.39 is 5.60 Å². The summed E-state index contributed by atoms with van der Waals surface area (Å²) in [7, 11) is 0. The number of carbonyl (C=O) groups is 1. The molecule has 16 heavy (non-hydrogen) atoms. The van der Waals surface area contributed by atoms with Gasteiger partial charge in [0.25, 0.3) is 0 Å². The molecule has 1 aromatic heterocycles. The molecule has 1 heterocycles. The summed E-state index contributed by atoms with van der Waals surface area (Å²) >= 11 is 0. The number of carbonyl (C=O) groups excluding carboxylic acids is 1. The van der Waals surface area contributed by atoms with Crippen LogP contribution in [0, 0.1) is 13.8 Å². The number of hydrogen-bond donors (Lipinski definition) is 1. The summed E-state index contributed by atoms with van der Waals surface area (Å²) in [6, 6.07) is 0. The molecule has 5 nitrogen and oxygen atoms in total. The van der Waals surface area contributed by atoms with Gasteiger partial charge in [-0.05, 0) is 34.6 Å². The number of anilines is 1. The van der Waals surface area contributed by atoms with Crippen molar-refractivity contribution in [3.05, 3.63) is 11.4 Å². The second-order valence-corrected chi connectivity index (χ2v) is 4.83. The van der Waals surface area contributed by atoms with Crippen molar-refractivity contribution in [2.24, 2.45) is 0 Å². The van der Waals surface area contributed by atoms with Crippen molar-refractivity contribution in [1.82, 2.24) is 9.78 Å². The highest BCUT2D eigenvalue weighted by Gasteiger charge is 2.18. The first kappa shape index (κ1) is 12.5. The van der Waals surface area contributed by atoms with E-state index in [1.807, 2.05) is 34.6 Å². The Morgan fingerprint density at radius 2 is 2.00 bits per heavy atom. The number of hydrogen-bond acceptors (Lipinski definition) is 4.